The van der Waals surface area contributed by atoms with E-state index in [1.165, 1.54) is 31.8 Å². The van der Waals surface area contributed by atoms with Crippen LogP contribution in [-0.2, 0) is 0 Å². The Kier molecular flexibility index (Phi) is 5.63. The van der Waals surface area contributed by atoms with E-state index in [4.69, 9.17) is 32.7 Å². The fourth-order valence-corrected chi connectivity index (χ4v) is 2.22. The van der Waals surface area contributed by atoms with Gasteiger partial charge in [-0.15, -0.1) is 0 Å². The Hall–Kier alpha value is -2.05. The monoisotopic (exact) mass is 355 g/mol. The molecule has 8 heteroatoms. The number of pyridine rings is 2. The number of amides is 1. The molecule has 0 aliphatic carbocycles. The van der Waals surface area contributed by atoms with Gasteiger partial charge in [-0.05, 0) is 13.8 Å². The topological polar surface area (TPSA) is 73.3 Å². The van der Waals surface area contributed by atoms with E-state index in [9.17, 15) is 4.79 Å². The summed E-state index contributed by atoms with van der Waals surface area (Å²) in [4.78, 5) is 20.2. The molecule has 0 radical (unpaired) electrons. The van der Waals surface area contributed by atoms with Crippen molar-refractivity contribution in [2.24, 2.45) is 0 Å². The number of anilines is 1. The van der Waals surface area contributed by atoms with Gasteiger partial charge in [-0.2, -0.15) is 0 Å². The molecule has 1 amide bonds. The van der Waals surface area contributed by atoms with Crippen molar-refractivity contribution in [2.45, 2.75) is 20.0 Å². The van der Waals surface area contributed by atoms with Crippen LogP contribution in [0, 0.1) is 0 Å². The molecule has 6 nitrogen and oxygen atoms in total. The van der Waals surface area contributed by atoms with Crippen LogP contribution in [0.4, 0.5) is 5.69 Å². The molecule has 2 aromatic rings. The lowest BCUT2D eigenvalue weighted by Gasteiger charge is -2.14. The Balaban J connectivity index is 2.29. The maximum atomic E-state index is 12.3. The third kappa shape index (κ3) is 4.24. The van der Waals surface area contributed by atoms with Crippen molar-refractivity contribution in [3.63, 3.8) is 0 Å². The highest BCUT2D eigenvalue weighted by Gasteiger charge is 2.16. The van der Waals surface area contributed by atoms with Crippen molar-refractivity contribution in [3.05, 3.63) is 40.4 Å². The first-order valence-electron chi connectivity index (χ1n) is 6.73. The van der Waals surface area contributed by atoms with Crippen molar-refractivity contribution < 1.29 is 14.3 Å². The SMILES string of the molecule is COc1cnc(C(=O)Nc2c(Cl)cncc2Cl)cc1OC(C)C. The van der Waals surface area contributed by atoms with Crippen molar-refractivity contribution in [1.82, 2.24) is 9.97 Å². The Labute approximate surface area is 143 Å². The van der Waals surface area contributed by atoms with E-state index in [0.29, 0.717) is 11.5 Å². The maximum Gasteiger partial charge on any atom is 0.274 e. The largest absolute Gasteiger partial charge is 0.491 e. The quantitative estimate of drug-likeness (QED) is 0.881. The van der Waals surface area contributed by atoms with E-state index < -0.39 is 5.91 Å². The molecule has 0 aliphatic heterocycles. The van der Waals surface area contributed by atoms with Gasteiger partial charge in [0.05, 0.1) is 35.1 Å². The zero-order chi connectivity index (χ0) is 17.0. The molecule has 1 N–H and O–H groups in total. The van der Waals surface area contributed by atoms with Crippen LogP contribution >= 0.6 is 23.2 Å². The summed E-state index contributed by atoms with van der Waals surface area (Å²) in [5.41, 5.74) is 0.419. The second kappa shape index (κ2) is 7.48. The zero-order valence-electron chi connectivity index (χ0n) is 12.8. The summed E-state index contributed by atoms with van der Waals surface area (Å²) in [6, 6.07) is 1.50. The third-order valence-corrected chi connectivity index (χ3v) is 3.31. The van der Waals surface area contributed by atoms with Crippen LogP contribution in [0.3, 0.4) is 0 Å². The summed E-state index contributed by atoms with van der Waals surface area (Å²) in [6.07, 6.45) is 4.11. The number of hydrogen-bond donors (Lipinski definition) is 1. The van der Waals surface area contributed by atoms with Crippen molar-refractivity contribution in [1.29, 1.82) is 0 Å². The van der Waals surface area contributed by atoms with E-state index in [0.717, 1.165) is 0 Å². The summed E-state index contributed by atoms with van der Waals surface area (Å²) in [6.45, 7) is 3.74. The number of nitrogens with one attached hydrogen (secondary N) is 1. The first kappa shape index (κ1) is 17.3. The van der Waals surface area contributed by atoms with Gasteiger partial charge < -0.3 is 14.8 Å². The number of hydrogen-bond acceptors (Lipinski definition) is 5. The predicted octanol–water partition coefficient (Wildman–Crippen LogP) is 3.83. The van der Waals surface area contributed by atoms with Gasteiger partial charge >= 0.3 is 0 Å². The molecule has 0 aromatic carbocycles. The summed E-state index contributed by atoms with van der Waals surface area (Å²) in [5, 5.41) is 3.08. The number of rotatable bonds is 5. The van der Waals surface area contributed by atoms with Gasteiger partial charge in [0.1, 0.15) is 5.69 Å². The fourth-order valence-electron chi connectivity index (χ4n) is 1.76. The number of halogens is 2. The molecule has 0 bridgehead atoms. The zero-order valence-corrected chi connectivity index (χ0v) is 14.3. The minimum Gasteiger partial charge on any atom is -0.491 e. The average molecular weight is 356 g/mol. The Morgan fingerprint density at radius 1 is 1.17 bits per heavy atom. The summed E-state index contributed by atoms with van der Waals surface area (Å²) in [5.74, 6) is 0.390. The second-order valence-electron chi connectivity index (χ2n) is 4.82. The molecule has 2 aromatic heterocycles. The van der Waals surface area contributed by atoms with E-state index >= 15 is 0 Å². The lowest BCUT2D eigenvalue weighted by molar-refractivity contribution is 0.102. The minimum atomic E-state index is -0.476. The van der Waals surface area contributed by atoms with Crippen LogP contribution in [0.15, 0.2) is 24.7 Å². The molecule has 23 heavy (non-hydrogen) atoms. The van der Waals surface area contributed by atoms with Gasteiger partial charge in [0.2, 0.25) is 0 Å². The van der Waals surface area contributed by atoms with Crippen LogP contribution in [0.1, 0.15) is 24.3 Å². The Bertz CT molecular complexity index is 703. The molecule has 0 saturated heterocycles. The number of aromatic nitrogens is 2. The molecule has 0 saturated carbocycles. The first-order chi connectivity index (χ1) is 10.9. The van der Waals surface area contributed by atoms with Gasteiger partial charge in [-0.1, -0.05) is 23.2 Å². The predicted molar refractivity (Wildman–Crippen MR) is 88.8 cm³/mol. The van der Waals surface area contributed by atoms with Gasteiger partial charge in [-0.3, -0.25) is 9.78 Å². The number of carbonyl (C=O) groups excluding carboxylic acids is 1. The number of nitrogens with zero attached hydrogens (tertiary/aromatic N) is 2. The highest BCUT2D eigenvalue weighted by atomic mass is 35.5. The maximum absolute atomic E-state index is 12.3. The first-order valence-corrected chi connectivity index (χ1v) is 7.49. The molecule has 0 atom stereocenters. The summed E-state index contributed by atoms with van der Waals surface area (Å²) >= 11 is 12.0. The number of carbonyl (C=O) groups is 1. The van der Waals surface area contributed by atoms with E-state index in [1.54, 1.807) is 0 Å². The number of ether oxygens (including phenoxy) is 2. The fraction of sp³-hybridized carbons (Fsp3) is 0.267. The molecule has 0 spiro atoms. The van der Waals surface area contributed by atoms with Crippen LogP contribution < -0.4 is 14.8 Å². The third-order valence-electron chi connectivity index (χ3n) is 2.74. The van der Waals surface area contributed by atoms with Crippen LogP contribution in [0.5, 0.6) is 11.5 Å². The normalized spacial score (nSPS) is 10.5. The standard InChI is InChI=1S/C15H15Cl2N3O3/c1-8(2)23-12-4-11(19-7-13(12)22-3)15(21)20-14-9(16)5-18-6-10(14)17/h4-8H,1-3H3,(H,18,20,21). The minimum absolute atomic E-state index is 0.0775. The highest BCUT2D eigenvalue weighted by Crippen LogP contribution is 2.30. The molecule has 2 rings (SSSR count). The van der Waals surface area contributed by atoms with Crippen molar-refractivity contribution >= 4 is 34.8 Å². The van der Waals surface area contributed by atoms with Gasteiger partial charge in [0.25, 0.3) is 5.91 Å². The van der Waals surface area contributed by atoms with E-state index in [2.05, 4.69) is 15.3 Å². The average Bonchev–Trinajstić information content (AvgIpc) is 2.50. The van der Waals surface area contributed by atoms with Crippen LogP contribution in [0.25, 0.3) is 0 Å². The number of methoxy groups -OCH3 is 1. The van der Waals surface area contributed by atoms with Gasteiger partial charge in [0.15, 0.2) is 11.5 Å². The highest BCUT2D eigenvalue weighted by molar-refractivity contribution is 6.39. The van der Waals surface area contributed by atoms with Crippen LogP contribution in [0.2, 0.25) is 10.0 Å². The molecule has 0 fully saturated rings. The van der Waals surface area contributed by atoms with E-state index in [1.807, 2.05) is 13.8 Å². The summed E-state index contributed by atoms with van der Waals surface area (Å²) in [7, 11) is 1.50. The van der Waals surface area contributed by atoms with Crippen molar-refractivity contribution in [3.8, 4) is 11.5 Å². The molecular weight excluding hydrogens is 341 g/mol. The van der Waals surface area contributed by atoms with Crippen molar-refractivity contribution in [2.75, 3.05) is 12.4 Å². The lowest BCUT2D eigenvalue weighted by atomic mass is 10.3. The van der Waals surface area contributed by atoms with Crippen LogP contribution in [-0.4, -0.2) is 29.1 Å². The molecule has 0 unspecified atom stereocenters. The lowest BCUT2D eigenvalue weighted by Crippen LogP contribution is -2.15. The molecule has 2 heterocycles. The smallest absolute Gasteiger partial charge is 0.274 e. The van der Waals surface area contributed by atoms with Gasteiger partial charge in [0, 0.05) is 18.5 Å². The molecule has 122 valence electrons. The second-order valence-corrected chi connectivity index (χ2v) is 5.63. The van der Waals surface area contributed by atoms with Gasteiger partial charge in [-0.25, -0.2) is 4.98 Å². The molecule has 0 aliphatic rings. The Morgan fingerprint density at radius 3 is 2.39 bits per heavy atom. The van der Waals surface area contributed by atoms with E-state index in [-0.39, 0.29) is 27.5 Å². The molecular formula is C15H15Cl2N3O3. The summed E-state index contributed by atoms with van der Waals surface area (Å²) < 4.78 is 10.8. The Morgan fingerprint density at radius 2 is 1.83 bits per heavy atom.